The van der Waals surface area contributed by atoms with E-state index in [4.69, 9.17) is 46.4 Å². The van der Waals surface area contributed by atoms with Gasteiger partial charge in [0.25, 0.3) is 0 Å². The van der Waals surface area contributed by atoms with E-state index in [1.54, 1.807) is 36.0 Å². The van der Waals surface area contributed by atoms with Crippen molar-refractivity contribution in [2.45, 2.75) is 64.1 Å². The number of aryl methyl sites for hydroxylation is 2. The number of carboxylic acids is 1. The van der Waals surface area contributed by atoms with Gasteiger partial charge in [-0.3, -0.25) is 14.4 Å². The number of carbonyl (C=O) groups is 3. The van der Waals surface area contributed by atoms with E-state index in [1.807, 2.05) is 9.80 Å². The SMILES string of the molecule is C#CCOCCOCCOCCNc1nc(N2CCN(C(=O)[C@H]([C@@H](C)O)n3cc(CCCCN)nn3)CC2)nc(N2CCN(C(=O)[C@H](C)n3cc(CCC(=O)O)nn3)CC2)n1. The molecule has 23 nitrogen and oxygen atoms in total. The van der Waals surface area contributed by atoms with Gasteiger partial charge in [0, 0.05) is 77.7 Å². The number of carboxylic acid groups (broad SMARTS) is 1. The van der Waals surface area contributed by atoms with Gasteiger partial charge >= 0.3 is 5.97 Å². The minimum Gasteiger partial charge on any atom is -0.481 e. The van der Waals surface area contributed by atoms with E-state index < -0.39 is 24.2 Å². The summed E-state index contributed by atoms with van der Waals surface area (Å²) < 4.78 is 19.3. The Kier molecular flexibility index (Phi) is 18.3. The highest BCUT2D eigenvalue weighted by Crippen LogP contribution is 2.23. The Morgan fingerprint density at radius 1 is 0.787 bits per heavy atom. The predicted molar refractivity (Wildman–Crippen MR) is 221 cm³/mol. The molecule has 0 bridgehead atoms. The first-order valence-electron chi connectivity index (χ1n) is 20.7. The smallest absolute Gasteiger partial charge is 0.303 e. The number of nitrogens with zero attached hydrogens (tertiary/aromatic N) is 13. The number of unbranched alkanes of at least 4 members (excludes halogenated alkanes) is 1. The lowest BCUT2D eigenvalue weighted by Gasteiger charge is -2.38. The molecule has 2 amide bonds. The Hall–Kier alpha value is -5.54. The van der Waals surface area contributed by atoms with Crippen molar-refractivity contribution in [1.82, 2.24) is 54.7 Å². The summed E-state index contributed by atoms with van der Waals surface area (Å²) in [5.74, 6) is 2.32. The molecule has 0 unspecified atom stereocenters. The first-order chi connectivity index (χ1) is 29.6. The summed E-state index contributed by atoms with van der Waals surface area (Å²) in [5, 5.41) is 39.4. The van der Waals surface area contributed by atoms with Crippen LogP contribution in [0.2, 0.25) is 0 Å². The maximum atomic E-state index is 13.8. The summed E-state index contributed by atoms with van der Waals surface area (Å²) >= 11 is 0. The second-order valence-electron chi connectivity index (χ2n) is 14.7. The van der Waals surface area contributed by atoms with E-state index >= 15 is 0 Å². The van der Waals surface area contributed by atoms with Crippen LogP contribution in [-0.4, -0.2) is 194 Å². The van der Waals surface area contributed by atoms with E-state index in [1.165, 1.54) is 9.36 Å². The lowest BCUT2D eigenvalue weighted by Crippen LogP contribution is -2.52. The molecule has 61 heavy (non-hydrogen) atoms. The second kappa shape index (κ2) is 24.0. The third kappa shape index (κ3) is 14.0. The number of aliphatic carboxylic acids is 1. The van der Waals surface area contributed by atoms with Gasteiger partial charge in [0.1, 0.15) is 12.6 Å². The average Bonchev–Trinajstić information content (AvgIpc) is 3.94. The lowest BCUT2D eigenvalue weighted by atomic mass is 10.1. The maximum Gasteiger partial charge on any atom is 0.303 e. The largest absolute Gasteiger partial charge is 0.481 e. The minimum atomic E-state index is -0.996. The van der Waals surface area contributed by atoms with Crippen molar-refractivity contribution in [3.8, 4) is 12.3 Å². The number of rotatable bonds is 25. The van der Waals surface area contributed by atoms with Crippen molar-refractivity contribution >= 4 is 35.6 Å². The van der Waals surface area contributed by atoms with Crippen molar-refractivity contribution in [3.05, 3.63) is 23.8 Å². The maximum absolute atomic E-state index is 13.8. The number of hydrogen-bond acceptors (Lipinski definition) is 18. The summed E-state index contributed by atoms with van der Waals surface area (Å²) in [7, 11) is 0. The Bertz CT molecular complexity index is 1870. The number of hydrogen-bond donors (Lipinski definition) is 4. The highest BCUT2D eigenvalue weighted by Gasteiger charge is 2.34. The number of amides is 2. The zero-order chi connectivity index (χ0) is 43.6. The Morgan fingerprint density at radius 3 is 1.93 bits per heavy atom. The van der Waals surface area contributed by atoms with Crippen molar-refractivity contribution in [3.63, 3.8) is 0 Å². The number of ether oxygens (including phenoxy) is 3. The van der Waals surface area contributed by atoms with Gasteiger partial charge in [-0.15, -0.1) is 16.6 Å². The van der Waals surface area contributed by atoms with Crippen LogP contribution in [0, 0.1) is 12.3 Å². The fourth-order valence-corrected chi connectivity index (χ4v) is 6.75. The Morgan fingerprint density at radius 2 is 1.34 bits per heavy atom. The summed E-state index contributed by atoms with van der Waals surface area (Å²) in [6.45, 7) is 9.87. The first kappa shape index (κ1) is 46.5. The molecule has 5 heterocycles. The molecular formula is C38H59N15O8. The van der Waals surface area contributed by atoms with Crippen molar-refractivity contribution < 1.29 is 38.8 Å². The van der Waals surface area contributed by atoms with E-state index in [0.717, 1.165) is 18.5 Å². The summed E-state index contributed by atoms with van der Waals surface area (Å²) in [6.07, 6.45) is 10.1. The van der Waals surface area contributed by atoms with Crippen LogP contribution in [0.25, 0.3) is 0 Å². The lowest BCUT2D eigenvalue weighted by molar-refractivity contribution is -0.139. The minimum absolute atomic E-state index is 0.0731. The fourth-order valence-electron chi connectivity index (χ4n) is 6.75. The fraction of sp³-hybridized carbons (Fsp3) is 0.684. The molecule has 2 fully saturated rings. The topological polar surface area (TPSA) is 270 Å². The second-order valence-corrected chi connectivity index (χ2v) is 14.7. The molecule has 0 spiro atoms. The van der Waals surface area contributed by atoms with Crippen LogP contribution in [-0.2, 0) is 41.4 Å². The van der Waals surface area contributed by atoms with Crippen LogP contribution in [0.3, 0.4) is 0 Å². The van der Waals surface area contributed by atoms with Crippen LogP contribution in [0.1, 0.15) is 56.6 Å². The number of nitrogens with two attached hydrogens (primary N) is 1. The molecule has 2 aliphatic rings. The number of aliphatic hydroxyl groups is 1. The molecule has 2 saturated heterocycles. The molecule has 3 aromatic rings. The highest BCUT2D eigenvalue weighted by molar-refractivity contribution is 5.81. The Labute approximate surface area is 354 Å². The van der Waals surface area contributed by atoms with Gasteiger partial charge in [0.2, 0.25) is 29.7 Å². The molecule has 3 aromatic heterocycles. The van der Waals surface area contributed by atoms with E-state index in [0.29, 0.717) is 128 Å². The monoisotopic (exact) mass is 853 g/mol. The van der Waals surface area contributed by atoms with Crippen molar-refractivity contribution in [2.24, 2.45) is 5.73 Å². The predicted octanol–water partition coefficient (Wildman–Crippen LogP) is -1.37. The number of anilines is 3. The Balaban J connectivity index is 1.20. The van der Waals surface area contributed by atoms with Gasteiger partial charge in [0.15, 0.2) is 6.04 Å². The summed E-state index contributed by atoms with van der Waals surface area (Å²) in [5.41, 5.74) is 6.87. The number of aromatic nitrogens is 9. The van der Waals surface area contributed by atoms with Crippen LogP contribution in [0.15, 0.2) is 12.4 Å². The van der Waals surface area contributed by atoms with E-state index in [9.17, 15) is 19.5 Å². The molecule has 3 atom stereocenters. The highest BCUT2D eigenvalue weighted by atomic mass is 16.5. The molecule has 0 aromatic carbocycles. The normalized spacial score (nSPS) is 16.0. The van der Waals surface area contributed by atoms with Gasteiger partial charge in [-0.25, -0.2) is 9.36 Å². The van der Waals surface area contributed by atoms with E-state index in [-0.39, 0.29) is 31.3 Å². The van der Waals surface area contributed by atoms with Gasteiger partial charge in [-0.05, 0) is 39.7 Å². The zero-order valence-electron chi connectivity index (χ0n) is 35.0. The molecule has 334 valence electrons. The summed E-state index contributed by atoms with van der Waals surface area (Å²) in [4.78, 5) is 60.1. The van der Waals surface area contributed by atoms with Crippen molar-refractivity contribution in [2.75, 3.05) is 120 Å². The number of piperazine rings is 2. The molecule has 5 rings (SSSR count). The van der Waals surface area contributed by atoms with Crippen LogP contribution < -0.4 is 20.9 Å². The van der Waals surface area contributed by atoms with Crippen LogP contribution >= 0.6 is 0 Å². The van der Waals surface area contributed by atoms with Gasteiger partial charge in [-0.1, -0.05) is 16.3 Å². The zero-order valence-corrected chi connectivity index (χ0v) is 35.0. The van der Waals surface area contributed by atoms with Crippen LogP contribution in [0.5, 0.6) is 0 Å². The number of aliphatic hydroxyl groups excluding tert-OH is 1. The standard InChI is InChI=1S/C38H59N15O8/c1-4-20-59-22-24-61-25-23-60-21-11-40-36-41-37(50-16-12-48(13-17-50)34(57)28(2)52-26-31(45-46-52)8-9-32(55)56)43-38(42-36)51-18-14-49(15-19-51)35(58)33(29(3)54)53-27-30(44-47-53)7-5-6-10-39/h1,26-29,33,54H,5-25,39H2,2-3H3,(H,55,56)(H,40,41,42,43)/t28-,29+,33-/m0/s1. The quantitative estimate of drug-likeness (QED) is 0.0565. The molecule has 23 heteroatoms. The van der Waals surface area contributed by atoms with Gasteiger partial charge in [0.05, 0.1) is 56.9 Å². The number of nitrogens with one attached hydrogen (secondary N) is 1. The summed E-state index contributed by atoms with van der Waals surface area (Å²) in [6, 6.07) is -1.55. The third-order valence-corrected chi connectivity index (χ3v) is 10.2. The van der Waals surface area contributed by atoms with Gasteiger partial charge < -0.3 is 55.1 Å². The molecular weight excluding hydrogens is 795 g/mol. The molecule has 5 N–H and O–H groups in total. The molecule has 0 saturated carbocycles. The number of terminal acetylenes is 1. The van der Waals surface area contributed by atoms with Gasteiger partial charge in [-0.2, -0.15) is 15.0 Å². The molecule has 2 aliphatic heterocycles. The van der Waals surface area contributed by atoms with Crippen molar-refractivity contribution in [1.29, 1.82) is 0 Å². The number of carbonyl (C=O) groups excluding carboxylic acids is 2. The first-order valence-corrected chi connectivity index (χ1v) is 20.7. The molecule has 0 radical (unpaired) electrons. The average molecular weight is 854 g/mol. The van der Waals surface area contributed by atoms with E-state index in [2.05, 4.69) is 31.9 Å². The van der Waals surface area contributed by atoms with Crippen LogP contribution in [0.4, 0.5) is 17.8 Å². The third-order valence-electron chi connectivity index (χ3n) is 10.2. The molecule has 0 aliphatic carbocycles.